The van der Waals surface area contributed by atoms with Gasteiger partial charge in [0.05, 0.1) is 16.0 Å². The second kappa shape index (κ2) is 5.66. The van der Waals surface area contributed by atoms with Gasteiger partial charge in [0.15, 0.2) is 0 Å². The fourth-order valence-corrected chi connectivity index (χ4v) is 1.89. The third kappa shape index (κ3) is 3.19. The number of imidazole rings is 1. The van der Waals surface area contributed by atoms with Crippen molar-refractivity contribution in [2.24, 2.45) is 5.92 Å². The number of aromatic nitrogens is 2. The van der Waals surface area contributed by atoms with Gasteiger partial charge < -0.3 is 15.6 Å². The first-order valence-corrected chi connectivity index (χ1v) is 6.12. The Morgan fingerprint density at radius 1 is 1.47 bits per heavy atom. The highest BCUT2D eigenvalue weighted by Gasteiger charge is 2.09. The quantitative estimate of drug-likeness (QED) is 0.545. The van der Waals surface area contributed by atoms with Gasteiger partial charge in [-0.25, -0.2) is 4.98 Å². The molecular formula is C12H17N5O2. The SMILES string of the molecule is CNCC(C)CNc1nc2ccc([N+](=O)[O-])cc2[nH]1. The molecule has 0 aliphatic carbocycles. The van der Waals surface area contributed by atoms with Crippen LogP contribution in [0.3, 0.4) is 0 Å². The van der Waals surface area contributed by atoms with Crippen molar-refractivity contribution in [3.63, 3.8) is 0 Å². The Hall–Kier alpha value is -2.15. The van der Waals surface area contributed by atoms with Crippen molar-refractivity contribution in [1.29, 1.82) is 0 Å². The molecule has 0 aliphatic rings. The first-order valence-electron chi connectivity index (χ1n) is 6.12. The smallest absolute Gasteiger partial charge is 0.271 e. The summed E-state index contributed by atoms with van der Waals surface area (Å²) in [7, 11) is 1.91. The number of hydrogen-bond acceptors (Lipinski definition) is 5. The summed E-state index contributed by atoms with van der Waals surface area (Å²) < 4.78 is 0. The molecule has 1 aromatic heterocycles. The Balaban J connectivity index is 2.11. The van der Waals surface area contributed by atoms with Crippen LogP contribution in [0, 0.1) is 16.0 Å². The molecule has 7 heteroatoms. The van der Waals surface area contributed by atoms with Crippen LogP contribution in [0.15, 0.2) is 18.2 Å². The van der Waals surface area contributed by atoms with Crippen LogP contribution in [0.5, 0.6) is 0 Å². The van der Waals surface area contributed by atoms with E-state index < -0.39 is 4.92 Å². The molecule has 2 aromatic rings. The fraction of sp³-hybridized carbons (Fsp3) is 0.417. The Labute approximate surface area is 110 Å². The second-order valence-corrected chi connectivity index (χ2v) is 4.59. The van der Waals surface area contributed by atoms with Crippen LogP contribution in [0.4, 0.5) is 11.6 Å². The summed E-state index contributed by atoms with van der Waals surface area (Å²) in [4.78, 5) is 17.6. The molecule has 0 fully saturated rings. The molecule has 0 spiro atoms. The number of anilines is 1. The van der Waals surface area contributed by atoms with E-state index in [9.17, 15) is 10.1 Å². The van der Waals surface area contributed by atoms with E-state index >= 15 is 0 Å². The van der Waals surface area contributed by atoms with Gasteiger partial charge in [0, 0.05) is 18.7 Å². The van der Waals surface area contributed by atoms with Crippen molar-refractivity contribution in [3.8, 4) is 0 Å². The summed E-state index contributed by atoms with van der Waals surface area (Å²) >= 11 is 0. The highest BCUT2D eigenvalue weighted by atomic mass is 16.6. The molecule has 7 nitrogen and oxygen atoms in total. The highest BCUT2D eigenvalue weighted by Crippen LogP contribution is 2.20. The lowest BCUT2D eigenvalue weighted by molar-refractivity contribution is -0.384. The number of nitrogens with one attached hydrogen (secondary N) is 3. The van der Waals surface area contributed by atoms with Crippen LogP contribution >= 0.6 is 0 Å². The van der Waals surface area contributed by atoms with Gasteiger partial charge in [-0.3, -0.25) is 10.1 Å². The third-order valence-electron chi connectivity index (χ3n) is 2.85. The molecule has 102 valence electrons. The monoisotopic (exact) mass is 263 g/mol. The lowest BCUT2D eigenvalue weighted by Gasteiger charge is -2.10. The first kappa shape index (κ1) is 13.3. The minimum atomic E-state index is -0.414. The van der Waals surface area contributed by atoms with Crippen molar-refractivity contribution in [1.82, 2.24) is 15.3 Å². The van der Waals surface area contributed by atoms with E-state index in [1.807, 2.05) is 7.05 Å². The van der Waals surface area contributed by atoms with Gasteiger partial charge >= 0.3 is 0 Å². The number of rotatable bonds is 6. The van der Waals surface area contributed by atoms with Crippen LogP contribution in [-0.4, -0.2) is 35.0 Å². The van der Waals surface area contributed by atoms with Gasteiger partial charge in [0.25, 0.3) is 5.69 Å². The van der Waals surface area contributed by atoms with Gasteiger partial charge in [0.1, 0.15) is 0 Å². The molecule has 1 unspecified atom stereocenters. The fourth-order valence-electron chi connectivity index (χ4n) is 1.89. The third-order valence-corrected chi connectivity index (χ3v) is 2.85. The van der Waals surface area contributed by atoms with Crippen LogP contribution < -0.4 is 10.6 Å². The van der Waals surface area contributed by atoms with Crippen molar-refractivity contribution >= 4 is 22.7 Å². The summed E-state index contributed by atoms with van der Waals surface area (Å²) in [6.45, 7) is 3.82. The standard InChI is InChI=1S/C12H17N5O2/c1-8(6-13-2)7-14-12-15-10-4-3-9(17(18)19)5-11(10)16-12/h3-5,8,13H,6-7H2,1-2H3,(H2,14,15,16). The molecule has 0 aliphatic heterocycles. The van der Waals surface area contributed by atoms with E-state index in [2.05, 4.69) is 27.5 Å². The molecule has 0 bridgehead atoms. The Bertz CT molecular complexity index is 581. The molecule has 1 atom stereocenters. The summed E-state index contributed by atoms with van der Waals surface area (Å²) in [5.74, 6) is 1.10. The van der Waals surface area contributed by atoms with Crippen molar-refractivity contribution < 1.29 is 4.92 Å². The lowest BCUT2D eigenvalue weighted by Crippen LogP contribution is -2.23. The number of nitro groups is 1. The Morgan fingerprint density at radius 2 is 2.26 bits per heavy atom. The molecular weight excluding hydrogens is 246 g/mol. The van der Waals surface area contributed by atoms with Crippen LogP contribution in [0.2, 0.25) is 0 Å². The van der Waals surface area contributed by atoms with Crippen LogP contribution in [0.25, 0.3) is 11.0 Å². The van der Waals surface area contributed by atoms with Crippen LogP contribution in [-0.2, 0) is 0 Å². The maximum absolute atomic E-state index is 10.7. The number of aromatic amines is 1. The topological polar surface area (TPSA) is 95.9 Å². The summed E-state index contributed by atoms with van der Waals surface area (Å²) in [5, 5.41) is 17.0. The number of non-ortho nitro benzene ring substituents is 1. The van der Waals surface area contributed by atoms with E-state index in [4.69, 9.17) is 0 Å². The van der Waals surface area contributed by atoms with Crippen LogP contribution in [0.1, 0.15) is 6.92 Å². The van der Waals surface area contributed by atoms with Gasteiger partial charge in [0.2, 0.25) is 5.95 Å². The summed E-state index contributed by atoms with van der Waals surface area (Å²) in [6, 6.07) is 4.59. The van der Waals surface area contributed by atoms with E-state index in [0.29, 0.717) is 17.4 Å². The van der Waals surface area contributed by atoms with E-state index in [-0.39, 0.29) is 5.69 Å². The maximum atomic E-state index is 10.7. The zero-order valence-corrected chi connectivity index (χ0v) is 10.9. The number of nitrogens with zero attached hydrogens (tertiary/aromatic N) is 2. The maximum Gasteiger partial charge on any atom is 0.271 e. The van der Waals surface area contributed by atoms with Gasteiger partial charge in [-0.15, -0.1) is 0 Å². The molecule has 0 saturated heterocycles. The molecule has 0 saturated carbocycles. The van der Waals surface area contributed by atoms with Gasteiger partial charge in [-0.1, -0.05) is 6.92 Å². The molecule has 2 rings (SSSR count). The molecule has 1 heterocycles. The van der Waals surface area contributed by atoms with E-state index in [1.165, 1.54) is 12.1 Å². The minimum absolute atomic E-state index is 0.0613. The first-order chi connectivity index (χ1) is 9.10. The number of hydrogen-bond donors (Lipinski definition) is 3. The normalized spacial score (nSPS) is 12.5. The van der Waals surface area contributed by atoms with Gasteiger partial charge in [-0.05, 0) is 25.6 Å². The zero-order valence-electron chi connectivity index (χ0n) is 10.9. The van der Waals surface area contributed by atoms with Crippen molar-refractivity contribution in [2.75, 3.05) is 25.5 Å². The number of nitro benzene ring substituents is 1. The average molecular weight is 263 g/mol. The molecule has 0 radical (unpaired) electrons. The second-order valence-electron chi connectivity index (χ2n) is 4.59. The molecule has 19 heavy (non-hydrogen) atoms. The highest BCUT2D eigenvalue weighted by molar-refractivity contribution is 5.79. The minimum Gasteiger partial charge on any atom is -0.355 e. The molecule has 1 aromatic carbocycles. The molecule has 3 N–H and O–H groups in total. The number of H-pyrrole nitrogens is 1. The predicted octanol–water partition coefficient (Wildman–Crippen LogP) is 1.74. The number of benzene rings is 1. The molecule has 0 amide bonds. The Kier molecular flexibility index (Phi) is 3.96. The van der Waals surface area contributed by atoms with E-state index in [1.54, 1.807) is 6.07 Å². The summed E-state index contributed by atoms with van der Waals surface area (Å²) in [5.41, 5.74) is 1.44. The largest absolute Gasteiger partial charge is 0.355 e. The number of fused-ring (bicyclic) bond motifs is 1. The van der Waals surface area contributed by atoms with Crippen molar-refractivity contribution in [2.45, 2.75) is 6.92 Å². The summed E-state index contributed by atoms with van der Waals surface area (Å²) in [6.07, 6.45) is 0. The van der Waals surface area contributed by atoms with E-state index in [0.717, 1.165) is 18.6 Å². The van der Waals surface area contributed by atoms with Crippen molar-refractivity contribution in [3.05, 3.63) is 28.3 Å². The lowest BCUT2D eigenvalue weighted by atomic mass is 10.2. The average Bonchev–Trinajstić information content (AvgIpc) is 2.78. The van der Waals surface area contributed by atoms with Gasteiger partial charge in [-0.2, -0.15) is 0 Å². The Morgan fingerprint density at radius 3 is 2.95 bits per heavy atom. The zero-order chi connectivity index (χ0) is 13.8. The predicted molar refractivity (Wildman–Crippen MR) is 74.3 cm³/mol.